The first-order valence-electron chi connectivity index (χ1n) is 3.37. The first-order chi connectivity index (χ1) is 4.93. The van der Waals surface area contributed by atoms with Gasteiger partial charge in [0.1, 0.15) is 6.29 Å². The molecular weight excluding hydrogens is 168 g/mol. The molecule has 0 fully saturated rings. The van der Waals surface area contributed by atoms with Gasteiger partial charge in [-0.3, -0.25) is 4.55 Å². The predicted octanol–water partition coefficient (Wildman–Crippen LogP) is 0.632. The van der Waals surface area contributed by atoms with Crippen molar-refractivity contribution in [2.75, 3.05) is 0 Å². The third-order valence-electron chi connectivity index (χ3n) is 1.93. The Balaban J connectivity index is 5.01. The van der Waals surface area contributed by atoms with Crippen LogP contribution in [0.3, 0.4) is 0 Å². The summed E-state index contributed by atoms with van der Waals surface area (Å²) in [5.74, 6) is 0. The van der Waals surface area contributed by atoms with Gasteiger partial charge in [-0.1, -0.05) is 13.8 Å². The lowest BCUT2D eigenvalue weighted by Crippen LogP contribution is -2.38. The van der Waals surface area contributed by atoms with Crippen LogP contribution in [-0.4, -0.2) is 24.0 Å². The quantitative estimate of drug-likeness (QED) is 0.509. The molecule has 66 valence electrons. The van der Waals surface area contributed by atoms with Gasteiger partial charge in [-0.2, -0.15) is 8.42 Å². The molecule has 0 aromatic rings. The van der Waals surface area contributed by atoms with Crippen molar-refractivity contribution in [2.24, 2.45) is 0 Å². The summed E-state index contributed by atoms with van der Waals surface area (Å²) in [6, 6.07) is 0. The number of rotatable bonds is 4. The Labute approximate surface area is 66.4 Å². The van der Waals surface area contributed by atoms with Gasteiger partial charge in [0, 0.05) is 0 Å². The Bertz CT molecular complexity index is 225. The zero-order valence-electron chi connectivity index (χ0n) is 6.57. The molecule has 1 N–H and O–H groups in total. The first-order valence-corrected chi connectivity index (χ1v) is 4.81. The highest BCUT2D eigenvalue weighted by Gasteiger charge is 2.39. The smallest absolute Gasteiger partial charge is 0.277 e. The zero-order valence-corrected chi connectivity index (χ0v) is 7.39. The fourth-order valence-electron chi connectivity index (χ4n) is 0.842. The fraction of sp³-hybridized carbons (Fsp3) is 0.833. The van der Waals surface area contributed by atoms with E-state index < -0.39 is 14.9 Å². The van der Waals surface area contributed by atoms with Crippen LogP contribution in [0.15, 0.2) is 0 Å². The van der Waals surface area contributed by atoms with Crippen LogP contribution in [0.4, 0.5) is 0 Å². The number of hydrogen-bond donors (Lipinski definition) is 1. The molecule has 5 heteroatoms. The molecule has 0 aromatic heterocycles. The van der Waals surface area contributed by atoms with Gasteiger partial charge in [0.15, 0.2) is 4.75 Å². The summed E-state index contributed by atoms with van der Waals surface area (Å²) in [6.45, 7) is 3.09. The highest BCUT2D eigenvalue weighted by molar-refractivity contribution is 7.88. The van der Waals surface area contributed by atoms with Crippen LogP contribution in [0.2, 0.25) is 0 Å². The molecule has 0 saturated carbocycles. The highest BCUT2D eigenvalue weighted by atomic mass is 32.2. The molecule has 0 unspecified atom stereocenters. The highest BCUT2D eigenvalue weighted by Crippen LogP contribution is 2.21. The minimum absolute atomic E-state index is 0.103. The number of hydrogen-bond acceptors (Lipinski definition) is 3. The maximum Gasteiger partial charge on any atom is 0.277 e. The van der Waals surface area contributed by atoms with E-state index in [2.05, 4.69) is 0 Å². The third kappa shape index (κ3) is 1.78. The summed E-state index contributed by atoms with van der Waals surface area (Å²) in [6.07, 6.45) is 0.500. The first kappa shape index (κ1) is 10.6. The molecule has 0 heterocycles. The van der Waals surface area contributed by atoms with Crippen molar-refractivity contribution in [3.8, 4) is 0 Å². The topological polar surface area (TPSA) is 71.4 Å². The molecule has 0 rings (SSSR count). The van der Waals surface area contributed by atoms with E-state index in [4.69, 9.17) is 4.55 Å². The Hall–Kier alpha value is -0.420. The Morgan fingerprint density at radius 3 is 1.73 bits per heavy atom. The Kier molecular flexibility index (Phi) is 3.19. The van der Waals surface area contributed by atoms with Gasteiger partial charge < -0.3 is 4.79 Å². The molecule has 0 atom stereocenters. The van der Waals surface area contributed by atoms with Crippen molar-refractivity contribution >= 4 is 16.4 Å². The Morgan fingerprint density at radius 2 is 1.73 bits per heavy atom. The lowest BCUT2D eigenvalue weighted by Gasteiger charge is -2.19. The van der Waals surface area contributed by atoms with E-state index in [0.717, 1.165) is 0 Å². The van der Waals surface area contributed by atoms with Crippen molar-refractivity contribution in [1.29, 1.82) is 0 Å². The summed E-state index contributed by atoms with van der Waals surface area (Å²) < 4.78 is 28.4. The second-order valence-electron chi connectivity index (χ2n) is 2.36. The monoisotopic (exact) mass is 180 g/mol. The van der Waals surface area contributed by atoms with Gasteiger partial charge >= 0.3 is 0 Å². The van der Waals surface area contributed by atoms with E-state index in [1.165, 1.54) is 0 Å². The molecule has 0 saturated heterocycles. The SMILES string of the molecule is CCC(C=O)(CC)S(=O)(=O)O. The summed E-state index contributed by atoms with van der Waals surface area (Å²) in [4.78, 5) is 10.4. The molecule has 0 spiro atoms. The standard InChI is InChI=1S/C6H12O4S/c1-3-6(4-2,5-7)11(8,9)10/h5H,3-4H2,1-2H3,(H,8,9,10). The summed E-state index contributed by atoms with van der Waals surface area (Å²) in [5.41, 5.74) is 0. The number of carbonyl (C=O) groups excluding carboxylic acids is 1. The minimum Gasteiger partial charge on any atom is -0.302 e. The summed E-state index contributed by atoms with van der Waals surface area (Å²) in [5, 5.41) is 0. The van der Waals surface area contributed by atoms with E-state index in [1.807, 2.05) is 0 Å². The molecule has 0 radical (unpaired) electrons. The van der Waals surface area contributed by atoms with Gasteiger partial charge in [0.25, 0.3) is 10.1 Å². The second kappa shape index (κ2) is 3.32. The molecule has 0 bridgehead atoms. The van der Waals surface area contributed by atoms with E-state index >= 15 is 0 Å². The predicted molar refractivity (Wildman–Crippen MR) is 40.9 cm³/mol. The second-order valence-corrected chi connectivity index (χ2v) is 4.13. The van der Waals surface area contributed by atoms with Gasteiger partial charge in [-0.25, -0.2) is 0 Å². The van der Waals surface area contributed by atoms with Crippen LogP contribution in [0.1, 0.15) is 26.7 Å². The lowest BCUT2D eigenvalue weighted by atomic mass is 10.1. The van der Waals surface area contributed by atoms with E-state index in [1.54, 1.807) is 13.8 Å². The molecule has 0 aliphatic heterocycles. The number of carbonyl (C=O) groups is 1. The van der Waals surface area contributed by atoms with Crippen LogP contribution < -0.4 is 0 Å². The molecular formula is C6H12O4S. The van der Waals surface area contributed by atoms with E-state index in [0.29, 0.717) is 6.29 Å². The zero-order chi connectivity index (χ0) is 9.12. The van der Waals surface area contributed by atoms with Crippen LogP contribution in [0, 0.1) is 0 Å². The van der Waals surface area contributed by atoms with Gasteiger partial charge in [-0.05, 0) is 12.8 Å². The van der Waals surface area contributed by atoms with Crippen LogP contribution in [0.5, 0.6) is 0 Å². The van der Waals surface area contributed by atoms with Crippen LogP contribution in [0.25, 0.3) is 0 Å². The third-order valence-corrected chi connectivity index (χ3v) is 3.63. The van der Waals surface area contributed by atoms with Crippen LogP contribution in [-0.2, 0) is 14.9 Å². The maximum atomic E-state index is 10.7. The normalized spacial score (nSPS) is 13.0. The average molecular weight is 180 g/mol. The van der Waals surface area contributed by atoms with Gasteiger partial charge in [0.2, 0.25) is 0 Å². The van der Waals surface area contributed by atoms with E-state index in [9.17, 15) is 13.2 Å². The van der Waals surface area contributed by atoms with Crippen molar-refractivity contribution < 1.29 is 17.8 Å². The van der Waals surface area contributed by atoms with Crippen molar-refractivity contribution in [2.45, 2.75) is 31.4 Å². The maximum absolute atomic E-state index is 10.7. The van der Waals surface area contributed by atoms with Crippen molar-refractivity contribution in [3.05, 3.63) is 0 Å². The summed E-state index contributed by atoms with van der Waals surface area (Å²) >= 11 is 0. The molecule has 0 amide bonds. The van der Waals surface area contributed by atoms with Crippen molar-refractivity contribution in [1.82, 2.24) is 0 Å². The number of aldehydes is 1. The molecule has 0 aromatic carbocycles. The average Bonchev–Trinajstić information content (AvgIpc) is 1.90. The summed E-state index contributed by atoms with van der Waals surface area (Å²) in [7, 11) is -4.24. The molecule has 11 heavy (non-hydrogen) atoms. The van der Waals surface area contributed by atoms with Gasteiger partial charge in [0.05, 0.1) is 0 Å². The van der Waals surface area contributed by atoms with Crippen molar-refractivity contribution in [3.63, 3.8) is 0 Å². The largest absolute Gasteiger partial charge is 0.302 e. The van der Waals surface area contributed by atoms with Gasteiger partial charge in [-0.15, -0.1) is 0 Å². The van der Waals surface area contributed by atoms with E-state index in [-0.39, 0.29) is 12.8 Å². The fourth-order valence-corrected chi connectivity index (χ4v) is 1.69. The Morgan fingerprint density at radius 1 is 1.36 bits per heavy atom. The molecule has 0 aliphatic carbocycles. The minimum atomic E-state index is -4.24. The molecule has 0 aliphatic rings. The lowest BCUT2D eigenvalue weighted by molar-refractivity contribution is -0.110. The van der Waals surface area contributed by atoms with Crippen LogP contribution >= 0.6 is 0 Å². The molecule has 4 nitrogen and oxygen atoms in total.